The number of amides is 1. The van der Waals surface area contributed by atoms with E-state index in [-0.39, 0.29) is 29.0 Å². The summed E-state index contributed by atoms with van der Waals surface area (Å²) < 4.78 is 35.6. The Balaban J connectivity index is 1.20. The standard InChI is InChI=1S/C31H39BN2O5S/c1-30(2)22-17-26(30)31(3)27(18-22)38-32(39-31)28(16-21-19-37-25-12-7-6-11-24(21)25)33-29(35)14-13-20-9-8-10-23(15-20)34-40(4,5)36/h6-12,15,19,22,26-28H,13-14,16-18H2,1-5H3,(H,33,35)/t22-,26-,27+,28-,31-/m0/s1. The number of aryl methyl sites for hydroxylation is 1. The molecule has 2 bridgehead atoms. The summed E-state index contributed by atoms with van der Waals surface area (Å²) in [7, 11) is -2.79. The van der Waals surface area contributed by atoms with E-state index >= 15 is 0 Å². The lowest BCUT2D eigenvalue weighted by molar-refractivity contribution is -0.199. The zero-order valence-corrected chi connectivity index (χ0v) is 24.8. The number of nitrogens with zero attached hydrogens (tertiary/aromatic N) is 1. The smallest absolute Gasteiger partial charge is 0.464 e. The van der Waals surface area contributed by atoms with Crippen LogP contribution in [0.15, 0.2) is 63.6 Å². The normalized spacial score (nSPS) is 27.6. The van der Waals surface area contributed by atoms with Crippen LogP contribution in [0.25, 0.3) is 11.0 Å². The molecule has 2 heterocycles. The zero-order valence-electron chi connectivity index (χ0n) is 24.0. The fourth-order valence-electron chi connectivity index (χ4n) is 7.27. The van der Waals surface area contributed by atoms with Crippen LogP contribution in [0.1, 0.15) is 51.2 Å². The van der Waals surface area contributed by atoms with Crippen LogP contribution in [0.4, 0.5) is 5.69 Å². The van der Waals surface area contributed by atoms with Crippen LogP contribution >= 0.6 is 0 Å². The van der Waals surface area contributed by atoms with Crippen molar-refractivity contribution in [2.45, 2.75) is 70.5 Å². The van der Waals surface area contributed by atoms with Gasteiger partial charge in [0.05, 0.1) is 29.6 Å². The van der Waals surface area contributed by atoms with Crippen LogP contribution < -0.4 is 5.32 Å². The first-order valence-corrected chi connectivity index (χ1v) is 16.6. The van der Waals surface area contributed by atoms with Gasteiger partial charge in [0.25, 0.3) is 0 Å². The van der Waals surface area contributed by atoms with Crippen molar-refractivity contribution in [3.05, 3.63) is 65.9 Å². The minimum atomic E-state index is -2.25. The maximum Gasteiger partial charge on any atom is 0.482 e. The first kappa shape index (κ1) is 27.5. The molecule has 3 saturated carbocycles. The highest BCUT2D eigenvalue weighted by Gasteiger charge is 2.68. The third kappa shape index (κ3) is 5.12. The summed E-state index contributed by atoms with van der Waals surface area (Å²) in [5.74, 6) is 0.674. The summed E-state index contributed by atoms with van der Waals surface area (Å²) in [5, 5.41) is 4.30. The molecule has 1 aliphatic heterocycles. The van der Waals surface area contributed by atoms with E-state index in [9.17, 15) is 9.00 Å². The number of nitrogens with one attached hydrogen (secondary N) is 1. The number of furan rings is 1. The van der Waals surface area contributed by atoms with Gasteiger partial charge in [0.2, 0.25) is 5.91 Å². The molecule has 9 heteroatoms. The Morgan fingerprint density at radius 3 is 2.73 bits per heavy atom. The molecule has 7 rings (SSSR count). The van der Waals surface area contributed by atoms with Crippen molar-refractivity contribution in [2.24, 2.45) is 21.6 Å². The molecule has 40 heavy (non-hydrogen) atoms. The average Bonchev–Trinajstić information content (AvgIpc) is 3.46. The van der Waals surface area contributed by atoms with E-state index in [4.69, 9.17) is 13.7 Å². The fourth-order valence-corrected chi connectivity index (χ4v) is 7.89. The maximum atomic E-state index is 13.3. The lowest BCUT2D eigenvalue weighted by Gasteiger charge is -2.64. The molecule has 0 radical (unpaired) electrons. The monoisotopic (exact) mass is 562 g/mol. The Kier molecular flexibility index (Phi) is 6.91. The van der Waals surface area contributed by atoms with Gasteiger partial charge in [-0.05, 0) is 79.2 Å². The van der Waals surface area contributed by atoms with Crippen LogP contribution in [0.3, 0.4) is 0 Å². The number of carbonyl (C=O) groups excluding carboxylic acids is 1. The minimum absolute atomic E-state index is 0.0358. The van der Waals surface area contributed by atoms with E-state index in [0.29, 0.717) is 36.8 Å². The van der Waals surface area contributed by atoms with Crippen LogP contribution in [0, 0.1) is 17.3 Å². The lowest BCUT2D eigenvalue weighted by atomic mass is 9.43. The molecule has 212 valence electrons. The Hall–Kier alpha value is -2.62. The topological polar surface area (TPSA) is 90.1 Å². The van der Waals surface area contributed by atoms with Gasteiger partial charge in [0.1, 0.15) is 5.58 Å². The summed E-state index contributed by atoms with van der Waals surface area (Å²) in [6.45, 7) is 6.90. The predicted octanol–water partition coefficient (Wildman–Crippen LogP) is 5.72. The van der Waals surface area contributed by atoms with Crippen molar-refractivity contribution >= 4 is 39.4 Å². The molecule has 7 nitrogen and oxygen atoms in total. The average molecular weight is 563 g/mol. The van der Waals surface area contributed by atoms with E-state index in [1.165, 1.54) is 6.42 Å². The van der Waals surface area contributed by atoms with Gasteiger partial charge in [-0.1, -0.05) is 44.2 Å². The second-order valence-corrected chi connectivity index (χ2v) is 15.5. The van der Waals surface area contributed by atoms with Gasteiger partial charge in [0, 0.05) is 34.0 Å². The molecule has 5 atom stereocenters. The minimum Gasteiger partial charge on any atom is -0.464 e. The van der Waals surface area contributed by atoms with Gasteiger partial charge in [-0.25, -0.2) is 4.21 Å². The van der Waals surface area contributed by atoms with Gasteiger partial charge in [-0.3, -0.25) is 4.79 Å². The molecule has 0 unspecified atom stereocenters. The second kappa shape index (κ2) is 10.0. The highest BCUT2D eigenvalue weighted by Crippen LogP contribution is 2.65. The highest BCUT2D eigenvalue weighted by atomic mass is 32.2. The third-order valence-corrected chi connectivity index (χ3v) is 10.2. The molecule has 1 amide bonds. The number of carbonyl (C=O) groups is 1. The van der Waals surface area contributed by atoms with Crippen LogP contribution in [-0.2, 0) is 36.7 Å². The van der Waals surface area contributed by atoms with Gasteiger partial charge < -0.3 is 19.0 Å². The number of hydrogen-bond acceptors (Lipinski definition) is 6. The summed E-state index contributed by atoms with van der Waals surface area (Å²) in [6.07, 6.45) is 8.63. The van der Waals surface area contributed by atoms with Crippen molar-refractivity contribution in [3.8, 4) is 0 Å². The quantitative estimate of drug-likeness (QED) is 0.355. The molecule has 4 aliphatic rings. The van der Waals surface area contributed by atoms with Gasteiger partial charge in [-0.15, -0.1) is 0 Å². The molecule has 1 aromatic heterocycles. The highest BCUT2D eigenvalue weighted by molar-refractivity contribution is 7.92. The Labute approximate surface area is 237 Å². The largest absolute Gasteiger partial charge is 0.482 e. The van der Waals surface area contributed by atoms with Gasteiger partial charge >= 0.3 is 7.12 Å². The van der Waals surface area contributed by atoms with Crippen molar-refractivity contribution in [1.82, 2.24) is 5.32 Å². The number of benzene rings is 2. The number of hydrogen-bond donors (Lipinski definition) is 1. The van der Waals surface area contributed by atoms with Crippen molar-refractivity contribution in [1.29, 1.82) is 0 Å². The van der Waals surface area contributed by atoms with Crippen molar-refractivity contribution < 1.29 is 22.7 Å². The summed E-state index contributed by atoms with van der Waals surface area (Å²) in [6, 6.07) is 15.5. The lowest BCUT2D eigenvalue weighted by Crippen LogP contribution is -2.65. The molecule has 2 aromatic carbocycles. The maximum absolute atomic E-state index is 13.3. The summed E-state index contributed by atoms with van der Waals surface area (Å²) in [5.41, 5.74) is 3.38. The Morgan fingerprint density at radius 1 is 1.15 bits per heavy atom. The van der Waals surface area contributed by atoms with Crippen LogP contribution in [-0.4, -0.2) is 47.4 Å². The first-order chi connectivity index (χ1) is 18.9. The van der Waals surface area contributed by atoms with E-state index in [1.54, 1.807) is 18.8 Å². The fraction of sp³-hybridized carbons (Fsp3) is 0.516. The zero-order chi connectivity index (χ0) is 28.3. The molecule has 1 saturated heterocycles. The van der Waals surface area contributed by atoms with E-state index in [0.717, 1.165) is 28.5 Å². The van der Waals surface area contributed by atoms with Crippen LogP contribution in [0.5, 0.6) is 0 Å². The number of fused-ring (bicyclic) bond motifs is 1. The molecule has 1 N–H and O–H groups in total. The van der Waals surface area contributed by atoms with E-state index in [1.807, 2.05) is 48.5 Å². The van der Waals surface area contributed by atoms with Gasteiger partial charge in [0.15, 0.2) is 0 Å². The SMILES string of the molecule is CC1(C)[C@@H]2C[C@H]3OB([C@H](Cc4coc5ccccc45)NC(=O)CCc4cccc(N=S(C)(C)=O)c4)O[C@@]3(C)[C@H]1C2. The summed E-state index contributed by atoms with van der Waals surface area (Å²) >= 11 is 0. The predicted molar refractivity (Wildman–Crippen MR) is 159 cm³/mol. The molecule has 4 fully saturated rings. The van der Waals surface area contributed by atoms with E-state index < -0.39 is 16.8 Å². The Bertz CT molecular complexity index is 1550. The second-order valence-electron chi connectivity index (χ2n) is 12.9. The molecule has 0 spiro atoms. The molecule has 3 aromatic rings. The molecule has 3 aliphatic carbocycles. The number of para-hydroxylation sites is 1. The van der Waals surface area contributed by atoms with Crippen LogP contribution in [0.2, 0.25) is 0 Å². The number of rotatable bonds is 8. The van der Waals surface area contributed by atoms with E-state index in [2.05, 4.69) is 30.5 Å². The van der Waals surface area contributed by atoms with Crippen molar-refractivity contribution in [2.75, 3.05) is 12.5 Å². The molecular weight excluding hydrogens is 523 g/mol. The Morgan fingerprint density at radius 2 is 1.95 bits per heavy atom. The third-order valence-electron chi connectivity index (χ3n) is 9.52. The van der Waals surface area contributed by atoms with Crippen molar-refractivity contribution in [3.63, 3.8) is 0 Å². The first-order valence-electron chi connectivity index (χ1n) is 14.3. The summed E-state index contributed by atoms with van der Waals surface area (Å²) in [4.78, 5) is 13.3. The van der Waals surface area contributed by atoms with Gasteiger partial charge in [-0.2, -0.15) is 4.36 Å². The molecular formula is C31H39BN2O5S.